The normalized spacial score (nSPS) is 22.5. The number of benzene rings is 2. The quantitative estimate of drug-likeness (QED) is 0.400. The van der Waals surface area contributed by atoms with Crippen LogP contribution in [0.3, 0.4) is 0 Å². The summed E-state index contributed by atoms with van der Waals surface area (Å²) in [5.41, 5.74) is 0.963. The van der Waals surface area contributed by atoms with Gasteiger partial charge in [0.05, 0.1) is 25.3 Å². The molecule has 2 aromatic rings. The fraction of sp³-hybridized carbons (Fsp3) is 0.429. The van der Waals surface area contributed by atoms with Crippen molar-refractivity contribution in [3.05, 3.63) is 65.7 Å². The molecule has 36 heavy (non-hydrogen) atoms. The number of nitrogens with one attached hydrogen (secondary N) is 2. The molecule has 2 aliphatic rings. The number of carbonyl (C=O) groups is 2. The fourth-order valence-corrected chi connectivity index (χ4v) is 4.92. The molecular formula is C28H35N3O5. The summed E-state index contributed by atoms with van der Waals surface area (Å²) in [5, 5.41) is 27.0. The molecular weight excluding hydrogens is 458 g/mol. The zero-order valence-corrected chi connectivity index (χ0v) is 20.9. The number of nitrogens with zero attached hydrogens (tertiary/aromatic N) is 1. The van der Waals surface area contributed by atoms with Crippen LogP contribution >= 0.6 is 0 Å². The largest absolute Gasteiger partial charge is 0.497 e. The Morgan fingerprint density at radius 2 is 2.08 bits per heavy atom. The molecule has 0 bridgehead atoms. The van der Waals surface area contributed by atoms with Crippen LogP contribution in [-0.4, -0.2) is 48.8 Å². The van der Waals surface area contributed by atoms with Crippen molar-refractivity contribution in [1.82, 2.24) is 5.32 Å². The van der Waals surface area contributed by atoms with E-state index in [0.29, 0.717) is 35.7 Å². The third-order valence-corrected chi connectivity index (χ3v) is 7.09. The molecule has 8 nitrogen and oxygen atoms in total. The molecule has 8 heteroatoms. The summed E-state index contributed by atoms with van der Waals surface area (Å²) in [5.74, 6) is -0.379. The maximum absolute atomic E-state index is 13.6. The molecule has 2 amide bonds. The molecule has 0 aromatic heterocycles. The third-order valence-electron chi connectivity index (χ3n) is 7.09. The minimum atomic E-state index is -1.75. The maximum atomic E-state index is 13.6. The lowest BCUT2D eigenvalue weighted by atomic mass is 9.83. The van der Waals surface area contributed by atoms with E-state index in [2.05, 4.69) is 10.6 Å². The summed E-state index contributed by atoms with van der Waals surface area (Å²) in [7, 11) is 1.55. The summed E-state index contributed by atoms with van der Waals surface area (Å²) >= 11 is 0. The number of aliphatic hydroxyl groups is 2. The number of hydrogen-bond donors (Lipinski definition) is 4. The highest BCUT2D eigenvalue weighted by atomic mass is 16.5. The van der Waals surface area contributed by atoms with Gasteiger partial charge in [0.25, 0.3) is 5.91 Å². The second-order valence-electron chi connectivity index (χ2n) is 9.50. The molecule has 0 saturated carbocycles. The second kappa shape index (κ2) is 11.2. The van der Waals surface area contributed by atoms with Gasteiger partial charge in [0.1, 0.15) is 5.75 Å². The van der Waals surface area contributed by atoms with E-state index in [-0.39, 0.29) is 25.0 Å². The predicted octanol–water partition coefficient (Wildman–Crippen LogP) is 2.94. The third kappa shape index (κ3) is 5.16. The zero-order chi connectivity index (χ0) is 25.7. The van der Waals surface area contributed by atoms with Crippen LogP contribution in [0.25, 0.3) is 0 Å². The summed E-state index contributed by atoms with van der Waals surface area (Å²) in [6.45, 7) is 3.71. The number of piperidine rings is 1. The van der Waals surface area contributed by atoms with Crippen molar-refractivity contribution in [3.63, 3.8) is 0 Å². The molecule has 3 atom stereocenters. The van der Waals surface area contributed by atoms with E-state index in [1.165, 1.54) is 0 Å². The van der Waals surface area contributed by atoms with Crippen LogP contribution in [0, 0.1) is 11.8 Å². The molecule has 0 spiro atoms. The number of carbonyl (C=O) groups excluding carboxylic acids is 2. The lowest BCUT2D eigenvalue weighted by molar-refractivity contribution is -0.139. The molecule has 0 radical (unpaired) electrons. The first-order chi connectivity index (χ1) is 17.4. The van der Waals surface area contributed by atoms with Crippen LogP contribution < -0.4 is 20.3 Å². The van der Waals surface area contributed by atoms with Crippen LogP contribution in [0.2, 0.25) is 0 Å². The van der Waals surface area contributed by atoms with Gasteiger partial charge >= 0.3 is 0 Å². The number of anilines is 2. The van der Waals surface area contributed by atoms with Gasteiger partial charge in [0.2, 0.25) is 5.91 Å². The van der Waals surface area contributed by atoms with Crippen molar-refractivity contribution in [2.75, 3.05) is 37.0 Å². The van der Waals surface area contributed by atoms with Crippen molar-refractivity contribution in [1.29, 1.82) is 0 Å². The topological polar surface area (TPSA) is 111 Å². The monoisotopic (exact) mass is 493 g/mol. The second-order valence-corrected chi connectivity index (χ2v) is 9.50. The molecule has 0 aliphatic carbocycles. The van der Waals surface area contributed by atoms with Crippen LogP contribution in [0.5, 0.6) is 5.75 Å². The van der Waals surface area contributed by atoms with Gasteiger partial charge < -0.3 is 30.5 Å². The molecule has 1 saturated heterocycles. The minimum Gasteiger partial charge on any atom is -0.497 e. The van der Waals surface area contributed by atoms with E-state index in [4.69, 9.17) is 9.84 Å². The van der Waals surface area contributed by atoms with E-state index < -0.39 is 17.4 Å². The van der Waals surface area contributed by atoms with Gasteiger partial charge in [-0.05, 0) is 61.7 Å². The molecule has 1 fully saturated rings. The van der Waals surface area contributed by atoms with Gasteiger partial charge in [-0.3, -0.25) is 9.59 Å². The molecule has 1 unspecified atom stereocenters. The summed E-state index contributed by atoms with van der Waals surface area (Å²) < 4.78 is 5.36. The zero-order valence-electron chi connectivity index (χ0n) is 20.9. The Morgan fingerprint density at radius 3 is 2.75 bits per heavy atom. The highest BCUT2D eigenvalue weighted by Gasteiger charge is 2.52. The first kappa shape index (κ1) is 25.9. The highest BCUT2D eigenvalue weighted by molar-refractivity contribution is 6.07. The lowest BCUT2D eigenvalue weighted by Crippen LogP contribution is -2.44. The standard InChI is InChI=1S/C28H35N3O5/c1-19(6-3-4-15-32)28(35)24-16-23(36-2)12-13-25(24)31(27(28)34)18-20-8-10-22(11-9-20)30-26(33)21-7-5-14-29-17-21/h3,6,8-13,16,19,21,29,32,35H,4-5,7,14-15,17-18H2,1-2H3,(H,30,33)/b6-3+/t19-,21?,28+/m1/s1. The number of rotatable bonds is 9. The van der Waals surface area contributed by atoms with Crippen molar-refractivity contribution in [2.24, 2.45) is 11.8 Å². The molecule has 2 heterocycles. The molecule has 2 aliphatic heterocycles. The molecule has 4 N–H and O–H groups in total. The van der Waals surface area contributed by atoms with Crippen LogP contribution in [-0.2, 0) is 21.7 Å². The fourth-order valence-electron chi connectivity index (χ4n) is 4.92. The Hall–Kier alpha value is -3.20. The van der Waals surface area contributed by atoms with E-state index in [0.717, 1.165) is 24.9 Å². The molecule has 2 aromatic carbocycles. The minimum absolute atomic E-state index is 0.000124. The SMILES string of the molecule is COc1ccc2c(c1)[C@@](O)([C@H](C)/C=C/CCO)C(=O)N2Cc1ccc(NC(=O)C2CCCNC2)cc1. The van der Waals surface area contributed by atoms with Gasteiger partial charge in [-0.1, -0.05) is 31.2 Å². The number of methoxy groups -OCH3 is 1. The van der Waals surface area contributed by atoms with Gasteiger partial charge in [-0.2, -0.15) is 0 Å². The van der Waals surface area contributed by atoms with E-state index >= 15 is 0 Å². The number of ether oxygens (including phenoxy) is 1. The van der Waals surface area contributed by atoms with E-state index in [9.17, 15) is 14.7 Å². The summed E-state index contributed by atoms with van der Waals surface area (Å²) in [6, 6.07) is 12.7. The van der Waals surface area contributed by atoms with Crippen molar-refractivity contribution >= 4 is 23.2 Å². The Balaban J connectivity index is 1.54. The van der Waals surface area contributed by atoms with Crippen LogP contribution in [0.1, 0.15) is 37.3 Å². The van der Waals surface area contributed by atoms with E-state index in [1.807, 2.05) is 24.3 Å². The summed E-state index contributed by atoms with van der Waals surface area (Å²) in [6.07, 6.45) is 5.86. The van der Waals surface area contributed by atoms with Crippen molar-refractivity contribution in [3.8, 4) is 5.75 Å². The van der Waals surface area contributed by atoms with Gasteiger partial charge in [-0.25, -0.2) is 0 Å². The Morgan fingerprint density at radius 1 is 1.31 bits per heavy atom. The number of aliphatic hydroxyl groups excluding tert-OH is 1. The number of hydrogen-bond acceptors (Lipinski definition) is 6. The first-order valence-corrected chi connectivity index (χ1v) is 12.5. The smallest absolute Gasteiger partial charge is 0.264 e. The van der Waals surface area contributed by atoms with Crippen LogP contribution in [0.15, 0.2) is 54.6 Å². The van der Waals surface area contributed by atoms with Gasteiger partial charge in [0, 0.05) is 30.3 Å². The van der Waals surface area contributed by atoms with Gasteiger partial charge in [0.15, 0.2) is 5.60 Å². The summed E-state index contributed by atoms with van der Waals surface area (Å²) in [4.78, 5) is 27.8. The average molecular weight is 494 g/mol. The van der Waals surface area contributed by atoms with Crippen LogP contribution in [0.4, 0.5) is 11.4 Å². The Bertz CT molecular complexity index is 1110. The molecule has 192 valence electrons. The number of fused-ring (bicyclic) bond motifs is 1. The molecule has 4 rings (SSSR count). The highest BCUT2D eigenvalue weighted by Crippen LogP contribution is 2.47. The lowest BCUT2D eigenvalue weighted by Gasteiger charge is -2.28. The van der Waals surface area contributed by atoms with Crippen molar-refractivity contribution < 1.29 is 24.5 Å². The Kier molecular flexibility index (Phi) is 8.08. The van der Waals surface area contributed by atoms with Gasteiger partial charge in [-0.15, -0.1) is 0 Å². The number of amides is 2. The average Bonchev–Trinajstić information content (AvgIpc) is 3.12. The Labute approximate surface area is 212 Å². The maximum Gasteiger partial charge on any atom is 0.264 e. The first-order valence-electron chi connectivity index (χ1n) is 12.5. The van der Waals surface area contributed by atoms with Crippen molar-refractivity contribution in [2.45, 2.75) is 38.3 Å². The predicted molar refractivity (Wildman–Crippen MR) is 139 cm³/mol. The van der Waals surface area contributed by atoms with E-state index in [1.54, 1.807) is 49.3 Å².